The predicted octanol–water partition coefficient (Wildman–Crippen LogP) is 7.77. The standard InChI is InChI=1S/C19H19N.3C2H6/c20-15-19(18-13-7-8-14-18,16-9-3-1-4-10-16)17-11-5-2-6-12-17;3*1-2/h1-6,9-12,18H,7-8,13-14H2;3*1-2H3. The number of hydrogen-bond donors (Lipinski definition) is 0. The Bertz CT molecular complexity index is 550. The van der Waals surface area contributed by atoms with Crippen molar-refractivity contribution in [1.82, 2.24) is 0 Å². The van der Waals surface area contributed by atoms with Gasteiger partial charge >= 0.3 is 0 Å². The van der Waals surface area contributed by atoms with Crippen LogP contribution in [0, 0.1) is 17.2 Å². The molecule has 0 atom stereocenters. The van der Waals surface area contributed by atoms with Crippen LogP contribution in [0.2, 0.25) is 0 Å². The Hall–Kier alpha value is -2.07. The van der Waals surface area contributed by atoms with E-state index in [1.54, 1.807) is 0 Å². The van der Waals surface area contributed by atoms with Gasteiger partial charge in [0, 0.05) is 0 Å². The van der Waals surface area contributed by atoms with E-state index in [0.29, 0.717) is 5.92 Å². The maximum absolute atomic E-state index is 10.1. The Balaban J connectivity index is 0.000000948. The third-order valence-electron chi connectivity index (χ3n) is 4.60. The van der Waals surface area contributed by atoms with E-state index in [4.69, 9.17) is 0 Å². The van der Waals surface area contributed by atoms with Crippen molar-refractivity contribution in [3.05, 3.63) is 71.8 Å². The molecular weight excluding hydrogens is 314 g/mol. The van der Waals surface area contributed by atoms with Crippen LogP contribution in [0.4, 0.5) is 0 Å². The number of benzene rings is 2. The van der Waals surface area contributed by atoms with Gasteiger partial charge in [-0.2, -0.15) is 5.26 Å². The van der Waals surface area contributed by atoms with Crippen molar-refractivity contribution >= 4 is 0 Å². The van der Waals surface area contributed by atoms with E-state index in [9.17, 15) is 5.26 Å². The maximum atomic E-state index is 10.1. The van der Waals surface area contributed by atoms with Crippen LogP contribution in [0.5, 0.6) is 0 Å². The van der Waals surface area contributed by atoms with E-state index in [0.717, 1.165) is 24.0 Å². The van der Waals surface area contributed by atoms with Gasteiger partial charge in [0.05, 0.1) is 6.07 Å². The van der Waals surface area contributed by atoms with Gasteiger partial charge in [0.1, 0.15) is 5.41 Å². The molecule has 142 valence electrons. The summed E-state index contributed by atoms with van der Waals surface area (Å²) in [5.41, 5.74) is 1.79. The second kappa shape index (κ2) is 14.1. The number of rotatable bonds is 3. The van der Waals surface area contributed by atoms with E-state index >= 15 is 0 Å². The molecule has 0 saturated heterocycles. The highest BCUT2D eigenvalue weighted by Crippen LogP contribution is 2.46. The molecule has 1 aliphatic carbocycles. The fourth-order valence-electron chi connectivity index (χ4n) is 3.62. The average Bonchev–Trinajstić information content (AvgIpc) is 3.30. The lowest BCUT2D eigenvalue weighted by Gasteiger charge is -2.34. The summed E-state index contributed by atoms with van der Waals surface area (Å²) in [6.07, 6.45) is 4.79. The molecule has 1 nitrogen and oxygen atoms in total. The van der Waals surface area contributed by atoms with Crippen LogP contribution in [0.15, 0.2) is 60.7 Å². The van der Waals surface area contributed by atoms with Gasteiger partial charge in [-0.3, -0.25) is 0 Å². The van der Waals surface area contributed by atoms with Gasteiger partial charge in [-0.1, -0.05) is 115 Å². The molecule has 2 aromatic rings. The molecule has 0 aliphatic heterocycles. The summed E-state index contributed by atoms with van der Waals surface area (Å²) in [4.78, 5) is 0. The molecule has 0 amide bonds. The summed E-state index contributed by atoms with van der Waals surface area (Å²) in [7, 11) is 0. The second-order valence-corrected chi connectivity index (χ2v) is 5.63. The van der Waals surface area contributed by atoms with Gasteiger partial charge in [0.2, 0.25) is 0 Å². The lowest BCUT2D eigenvalue weighted by atomic mass is 9.66. The topological polar surface area (TPSA) is 23.8 Å². The maximum Gasteiger partial charge on any atom is 0.110 e. The molecule has 0 spiro atoms. The van der Waals surface area contributed by atoms with Crippen LogP contribution < -0.4 is 0 Å². The third kappa shape index (κ3) is 5.46. The van der Waals surface area contributed by atoms with Crippen LogP contribution in [-0.4, -0.2) is 0 Å². The summed E-state index contributed by atoms with van der Waals surface area (Å²) in [6, 6.07) is 23.3. The molecule has 1 heteroatoms. The van der Waals surface area contributed by atoms with Crippen molar-refractivity contribution in [3.8, 4) is 6.07 Å². The Morgan fingerprint density at radius 2 is 1.04 bits per heavy atom. The van der Waals surface area contributed by atoms with Crippen LogP contribution in [-0.2, 0) is 5.41 Å². The summed E-state index contributed by atoms with van der Waals surface area (Å²) >= 11 is 0. The van der Waals surface area contributed by atoms with Crippen LogP contribution in [0.3, 0.4) is 0 Å². The SMILES string of the molecule is CC.CC.CC.N#CC(c1ccccc1)(c1ccccc1)C1CCCC1. The van der Waals surface area contributed by atoms with Crippen molar-refractivity contribution in [2.75, 3.05) is 0 Å². The molecule has 3 rings (SSSR count). The lowest BCUT2D eigenvalue weighted by molar-refractivity contribution is 0.402. The Kier molecular flexibility index (Phi) is 13.0. The number of nitrogens with zero attached hydrogens (tertiary/aromatic N) is 1. The largest absolute Gasteiger partial charge is 0.197 e. The first-order valence-electron chi connectivity index (χ1n) is 10.4. The van der Waals surface area contributed by atoms with E-state index in [1.807, 2.05) is 77.9 Å². The molecule has 0 heterocycles. The molecular formula is C25H37N. The smallest absolute Gasteiger partial charge is 0.110 e. The molecule has 0 aromatic heterocycles. The molecule has 2 aromatic carbocycles. The highest BCUT2D eigenvalue weighted by molar-refractivity contribution is 5.47. The van der Waals surface area contributed by atoms with Gasteiger partial charge in [0.15, 0.2) is 0 Å². The third-order valence-corrected chi connectivity index (χ3v) is 4.60. The van der Waals surface area contributed by atoms with Crippen molar-refractivity contribution in [2.24, 2.45) is 5.92 Å². The van der Waals surface area contributed by atoms with Crippen molar-refractivity contribution < 1.29 is 0 Å². The first-order valence-corrected chi connectivity index (χ1v) is 10.4. The molecule has 26 heavy (non-hydrogen) atoms. The highest BCUT2D eigenvalue weighted by Gasteiger charge is 2.43. The number of nitriles is 1. The lowest BCUT2D eigenvalue weighted by Crippen LogP contribution is -2.33. The van der Waals surface area contributed by atoms with Crippen molar-refractivity contribution in [1.29, 1.82) is 5.26 Å². The minimum Gasteiger partial charge on any atom is -0.197 e. The van der Waals surface area contributed by atoms with Gasteiger partial charge in [-0.15, -0.1) is 0 Å². The van der Waals surface area contributed by atoms with Crippen LogP contribution in [0.1, 0.15) is 78.4 Å². The fraction of sp³-hybridized carbons (Fsp3) is 0.480. The zero-order chi connectivity index (χ0) is 19.8. The van der Waals surface area contributed by atoms with Gasteiger partial charge in [-0.25, -0.2) is 0 Å². The fourth-order valence-corrected chi connectivity index (χ4v) is 3.62. The molecule has 1 saturated carbocycles. The van der Waals surface area contributed by atoms with Crippen molar-refractivity contribution in [3.63, 3.8) is 0 Å². The predicted molar refractivity (Wildman–Crippen MR) is 115 cm³/mol. The molecule has 1 fully saturated rings. The number of hydrogen-bond acceptors (Lipinski definition) is 1. The second-order valence-electron chi connectivity index (χ2n) is 5.63. The normalized spacial score (nSPS) is 13.0. The molecule has 1 aliphatic rings. The summed E-state index contributed by atoms with van der Waals surface area (Å²) < 4.78 is 0. The molecule has 0 unspecified atom stereocenters. The van der Waals surface area contributed by atoms with E-state index in [2.05, 4.69) is 30.3 Å². The van der Waals surface area contributed by atoms with Gasteiger partial charge in [-0.05, 0) is 29.9 Å². The zero-order valence-corrected chi connectivity index (χ0v) is 17.6. The zero-order valence-electron chi connectivity index (χ0n) is 17.6. The van der Waals surface area contributed by atoms with Crippen LogP contribution in [0.25, 0.3) is 0 Å². The highest BCUT2D eigenvalue weighted by atomic mass is 14.5. The van der Waals surface area contributed by atoms with Gasteiger partial charge < -0.3 is 0 Å². The van der Waals surface area contributed by atoms with Crippen LogP contribution >= 0.6 is 0 Å². The Morgan fingerprint density at radius 3 is 1.35 bits per heavy atom. The van der Waals surface area contributed by atoms with E-state index in [-0.39, 0.29) is 0 Å². The van der Waals surface area contributed by atoms with E-state index in [1.165, 1.54) is 12.8 Å². The molecule has 0 N–H and O–H groups in total. The van der Waals surface area contributed by atoms with E-state index < -0.39 is 5.41 Å². The first-order chi connectivity index (χ1) is 12.9. The monoisotopic (exact) mass is 351 g/mol. The van der Waals surface area contributed by atoms with Gasteiger partial charge in [0.25, 0.3) is 0 Å². The molecule has 0 radical (unpaired) electrons. The summed E-state index contributed by atoms with van der Waals surface area (Å²) in [6.45, 7) is 12.0. The summed E-state index contributed by atoms with van der Waals surface area (Å²) in [5.74, 6) is 0.428. The van der Waals surface area contributed by atoms with Crippen molar-refractivity contribution in [2.45, 2.75) is 72.6 Å². The first kappa shape index (κ1) is 23.9. The molecule has 0 bridgehead atoms. The summed E-state index contributed by atoms with van der Waals surface area (Å²) in [5, 5.41) is 10.1. The Morgan fingerprint density at radius 1 is 0.692 bits per heavy atom. The Labute approximate surface area is 162 Å². The average molecular weight is 352 g/mol. The quantitative estimate of drug-likeness (QED) is 0.554. The minimum atomic E-state index is -0.487. The minimum absolute atomic E-state index is 0.428.